The first kappa shape index (κ1) is 13.0. The molecule has 1 aromatic rings. The number of hydrogen-bond acceptors (Lipinski definition) is 0. The summed E-state index contributed by atoms with van der Waals surface area (Å²) in [6.45, 7) is 15.1. The van der Waals surface area contributed by atoms with Gasteiger partial charge in [-0.15, -0.1) is 0 Å². The van der Waals surface area contributed by atoms with Crippen LogP contribution >= 0.6 is 0 Å². The normalized spacial score (nSPS) is 10.6. The Morgan fingerprint density at radius 1 is 0.938 bits per heavy atom. The fourth-order valence-electron chi connectivity index (χ4n) is 2.47. The smallest absolute Gasteiger partial charge is 0.0198 e. The maximum Gasteiger partial charge on any atom is -0.0198 e. The molecule has 0 bridgehead atoms. The minimum absolute atomic E-state index is 1.20. The van der Waals surface area contributed by atoms with Gasteiger partial charge in [0.05, 0.1) is 0 Å². The summed E-state index contributed by atoms with van der Waals surface area (Å²) in [7, 11) is 0. The number of unbranched alkanes of at least 4 members (excludes halogenated alkanes) is 1. The summed E-state index contributed by atoms with van der Waals surface area (Å²) in [4.78, 5) is 0. The summed E-state index contributed by atoms with van der Waals surface area (Å²) in [5, 5.41) is 0. The Morgan fingerprint density at radius 3 is 2.06 bits per heavy atom. The van der Waals surface area contributed by atoms with Crippen molar-refractivity contribution in [3.63, 3.8) is 0 Å². The third kappa shape index (κ3) is 2.21. The molecular weight excluding hydrogens is 192 g/mol. The van der Waals surface area contributed by atoms with Crippen LogP contribution in [0.25, 0.3) is 6.08 Å². The van der Waals surface area contributed by atoms with Crippen molar-refractivity contribution in [1.29, 1.82) is 0 Å². The number of benzene rings is 1. The van der Waals surface area contributed by atoms with Gasteiger partial charge in [0.25, 0.3) is 0 Å². The largest absolute Gasteiger partial charge is 0.0984 e. The van der Waals surface area contributed by atoms with Crippen molar-refractivity contribution >= 4 is 6.08 Å². The van der Waals surface area contributed by atoms with E-state index in [1.165, 1.54) is 47.1 Å². The van der Waals surface area contributed by atoms with E-state index in [2.05, 4.69) is 41.2 Å². The molecule has 1 aromatic carbocycles. The van der Waals surface area contributed by atoms with E-state index in [1.807, 2.05) is 6.08 Å². The monoisotopic (exact) mass is 216 g/mol. The van der Waals surface area contributed by atoms with E-state index in [-0.39, 0.29) is 0 Å². The molecule has 0 N–H and O–H groups in total. The molecule has 0 aliphatic carbocycles. The van der Waals surface area contributed by atoms with Crippen LogP contribution in [-0.2, 0) is 6.42 Å². The van der Waals surface area contributed by atoms with Crippen molar-refractivity contribution in [2.24, 2.45) is 0 Å². The fraction of sp³-hybridized carbons (Fsp3) is 0.500. The van der Waals surface area contributed by atoms with E-state index in [4.69, 9.17) is 0 Å². The van der Waals surface area contributed by atoms with Gasteiger partial charge in [0, 0.05) is 0 Å². The van der Waals surface area contributed by atoms with Crippen molar-refractivity contribution in [2.75, 3.05) is 0 Å². The molecule has 88 valence electrons. The highest BCUT2D eigenvalue weighted by atomic mass is 14.2. The molecule has 0 spiro atoms. The van der Waals surface area contributed by atoms with E-state index in [9.17, 15) is 0 Å². The van der Waals surface area contributed by atoms with E-state index >= 15 is 0 Å². The average molecular weight is 216 g/mol. The lowest BCUT2D eigenvalue weighted by molar-refractivity contribution is 0.785. The molecule has 0 nitrogen and oxygen atoms in total. The Hall–Kier alpha value is -1.04. The molecule has 16 heavy (non-hydrogen) atoms. The molecule has 0 aliphatic heterocycles. The maximum absolute atomic E-state index is 3.94. The Kier molecular flexibility index (Phi) is 4.35. The van der Waals surface area contributed by atoms with Gasteiger partial charge in [-0.2, -0.15) is 0 Å². The Bertz CT molecular complexity index is 397. The van der Waals surface area contributed by atoms with Gasteiger partial charge in [-0.1, -0.05) is 26.0 Å². The third-order valence-electron chi connectivity index (χ3n) is 3.82. The van der Waals surface area contributed by atoms with Crippen LogP contribution in [0.5, 0.6) is 0 Å². The maximum atomic E-state index is 3.94. The Balaban J connectivity index is 3.36. The lowest BCUT2D eigenvalue weighted by Crippen LogP contribution is -2.02. The van der Waals surface area contributed by atoms with E-state index in [0.29, 0.717) is 0 Å². The van der Waals surface area contributed by atoms with Gasteiger partial charge in [-0.25, -0.2) is 0 Å². The molecule has 0 amide bonds. The minimum Gasteiger partial charge on any atom is -0.0984 e. The van der Waals surface area contributed by atoms with Gasteiger partial charge < -0.3 is 0 Å². The van der Waals surface area contributed by atoms with Crippen molar-refractivity contribution in [3.05, 3.63) is 40.0 Å². The van der Waals surface area contributed by atoms with Crippen LogP contribution in [0, 0.1) is 27.7 Å². The van der Waals surface area contributed by atoms with Gasteiger partial charge >= 0.3 is 0 Å². The van der Waals surface area contributed by atoms with Crippen LogP contribution < -0.4 is 0 Å². The van der Waals surface area contributed by atoms with Crippen LogP contribution in [0.2, 0.25) is 0 Å². The molecule has 0 atom stereocenters. The lowest BCUT2D eigenvalue weighted by Gasteiger charge is -2.18. The van der Waals surface area contributed by atoms with Gasteiger partial charge in [0.1, 0.15) is 0 Å². The zero-order valence-electron chi connectivity index (χ0n) is 11.4. The van der Waals surface area contributed by atoms with Crippen molar-refractivity contribution in [3.8, 4) is 0 Å². The molecule has 0 heteroatoms. The summed E-state index contributed by atoms with van der Waals surface area (Å²) in [5.74, 6) is 0. The average Bonchev–Trinajstić information content (AvgIpc) is 2.27. The standard InChI is InChI=1S/C16H24/c1-7-9-10-16-13(5)11(3)12(4)15(8-2)14(16)6/h8H,2,7,9-10H2,1,3-6H3. The van der Waals surface area contributed by atoms with E-state index < -0.39 is 0 Å². The number of rotatable bonds is 4. The van der Waals surface area contributed by atoms with Gasteiger partial charge in [0.15, 0.2) is 0 Å². The summed E-state index contributed by atoms with van der Waals surface area (Å²) in [5.41, 5.74) is 8.63. The zero-order valence-corrected chi connectivity index (χ0v) is 11.4. The van der Waals surface area contributed by atoms with Crippen LogP contribution in [0.3, 0.4) is 0 Å². The van der Waals surface area contributed by atoms with Crippen molar-refractivity contribution in [2.45, 2.75) is 53.9 Å². The van der Waals surface area contributed by atoms with Crippen LogP contribution in [0.15, 0.2) is 6.58 Å². The second kappa shape index (κ2) is 5.34. The van der Waals surface area contributed by atoms with Gasteiger partial charge in [0.2, 0.25) is 0 Å². The van der Waals surface area contributed by atoms with Gasteiger partial charge in [-0.3, -0.25) is 0 Å². The topological polar surface area (TPSA) is 0 Å². The zero-order chi connectivity index (χ0) is 12.3. The fourth-order valence-corrected chi connectivity index (χ4v) is 2.47. The summed E-state index contributed by atoms with van der Waals surface area (Å²) < 4.78 is 0. The van der Waals surface area contributed by atoms with E-state index in [1.54, 1.807) is 5.56 Å². The highest BCUT2D eigenvalue weighted by Gasteiger charge is 2.12. The van der Waals surface area contributed by atoms with Gasteiger partial charge in [-0.05, 0) is 73.9 Å². The SMILES string of the molecule is C=Cc1c(C)c(C)c(C)c(CCCC)c1C. The Labute approximate surface area is 100 Å². The molecule has 0 aliphatic rings. The first-order chi connectivity index (χ1) is 7.54. The summed E-state index contributed by atoms with van der Waals surface area (Å²) >= 11 is 0. The van der Waals surface area contributed by atoms with E-state index in [0.717, 1.165) is 0 Å². The minimum atomic E-state index is 1.20. The predicted molar refractivity (Wildman–Crippen MR) is 74.1 cm³/mol. The molecule has 0 aromatic heterocycles. The molecule has 0 radical (unpaired) electrons. The molecule has 0 fully saturated rings. The quantitative estimate of drug-likeness (QED) is 0.671. The summed E-state index contributed by atoms with van der Waals surface area (Å²) in [6, 6.07) is 0. The first-order valence-corrected chi connectivity index (χ1v) is 6.26. The van der Waals surface area contributed by atoms with Crippen molar-refractivity contribution in [1.82, 2.24) is 0 Å². The lowest BCUT2D eigenvalue weighted by atomic mass is 9.87. The predicted octanol–water partition coefficient (Wildman–Crippen LogP) is 4.91. The molecule has 0 saturated carbocycles. The van der Waals surface area contributed by atoms with Crippen LogP contribution in [-0.4, -0.2) is 0 Å². The molecule has 0 saturated heterocycles. The first-order valence-electron chi connectivity index (χ1n) is 6.26. The second-order valence-electron chi connectivity index (χ2n) is 4.70. The summed E-state index contributed by atoms with van der Waals surface area (Å²) in [6.07, 6.45) is 5.75. The third-order valence-corrected chi connectivity index (χ3v) is 3.82. The highest BCUT2D eigenvalue weighted by Crippen LogP contribution is 2.28. The number of hydrogen-bond donors (Lipinski definition) is 0. The Morgan fingerprint density at radius 2 is 1.56 bits per heavy atom. The molecule has 0 unspecified atom stereocenters. The van der Waals surface area contributed by atoms with Crippen molar-refractivity contribution < 1.29 is 0 Å². The van der Waals surface area contributed by atoms with Crippen LogP contribution in [0.1, 0.15) is 53.1 Å². The molecule has 1 rings (SSSR count). The molecular formula is C16H24. The second-order valence-corrected chi connectivity index (χ2v) is 4.70. The highest BCUT2D eigenvalue weighted by molar-refractivity contribution is 5.62. The van der Waals surface area contributed by atoms with Crippen LogP contribution in [0.4, 0.5) is 0 Å². The molecule has 0 heterocycles.